The Labute approximate surface area is 150 Å². The van der Waals surface area contributed by atoms with Crippen LogP contribution in [-0.4, -0.2) is 63.2 Å². The molecule has 0 aliphatic carbocycles. The lowest BCUT2D eigenvalue weighted by Crippen LogP contribution is -2.38. The molecule has 4 rings (SSSR count). The lowest BCUT2D eigenvalue weighted by atomic mass is 9.95. The van der Waals surface area contributed by atoms with Gasteiger partial charge in [0, 0.05) is 39.3 Å². The molecule has 4 heterocycles. The van der Waals surface area contributed by atoms with Crippen LogP contribution in [0, 0.1) is 0 Å². The molecule has 10 nitrogen and oxygen atoms in total. The number of amides is 1. The van der Waals surface area contributed by atoms with E-state index in [1.54, 1.807) is 28.1 Å². The van der Waals surface area contributed by atoms with Gasteiger partial charge in [-0.05, 0) is 12.8 Å². The van der Waals surface area contributed by atoms with Crippen LogP contribution in [0.15, 0.2) is 25.0 Å². The highest BCUT2D eigenvalue weighted by Gasteiger charge is 2.28. The average molecular weight is 355 g/mol. The van der Waals surface area contributed by atoms with Gasteiger partial charge in [0.15, 0.2) is 5.82 Å². The Bertz CT molecular complexity index is 887. The summed E-state index contributed by atoms with van der Waals surface area (Å²) >= 11 is 0. The SMILES string of the molecule is Cn1cc(C(=O)N2CCC(c3nnc(Cn4cncn4)n3C)CC2)cn1. The van der Waals surface area contributed by atoms with Gasteiger partial charge in [-0.1, -0.05) is 0 Å². The molecule has 1 amide bonds. The monoisotopic (exact) mass is 355 g/mol. The van der Waals surface area contributed by atoms with E-state index >= 15 is 0 Å². The molecule has 136 valence electrons. The molecule has 3 aromatic rings. The number of aryl methyl sites for hydroxylation is 1. The van der Waals surface area contributed by atoms with Crippen LogP contribution in [0.5, 0.6) is 0 Å². The maximum Gasteiger partial charge on any atom is 0.257 e. The first kappa shape index (κ1) is 16.4. The van der Waals surface area contributed by atoms with Gasteiger partial charge in [0.05, 0.1) is 11.8 Å². The molecule has 0 atom stereocenters. The van der Waals surface area contributed by atoms with Gasteiger partial charge in [-0.15, -0.1) is 10.2 Å². The first-order chi connectivity index (χ1) is 12.6. The molecule has 0 radical (unpaired) electrons. The summed E-state index contributed by atoms with van der Waals surface area (Å²) in [6.07, 6.45) is 8.30. The van der Waals surface area contributed by atoms with E-state index in [1.807, 2.05) is 23.6 Å². The summed E-state index contributed by atoms with van der Waals surface area (Å²) < 4.78 is 5.41. The molecule has 0 saturated carbocycles. The van der Waals surface area contributed by atoms with E-state index in [-0.39, 0.29) is 5.91 Å². The third-order valence-electron chi connectivity index (χ3n) is 4.87. The summed E-state index contributed by atoms with van der Waals surface area (Å²) in [5.74, 6) is 2.16. The number of nitrogens with zero attached hydrogens (tertiary/aromatic N) is 9. The minimum absolute atomic E-state index is 0.0430. The zero-order valence-electron chi connectivity index (χ0n) is 14.9. The van der Waals surface area contributed by atoms with E-state index < -0.39 is 0 Å². The fraction of sp³-hybridized carbons (Fsp3) is 0.500. The Morgan fingerprint density at radius 3 is 2.65 bits per heavy atom. The Balaban J connectivity index is 1.40. The molecule has 3 aromatic heterocycles. The number of carbonyl (C=O) groups is 1. The number of piperidine rings is 1. The van der Waals surface area contributed by atoms with Crippen molar-refractivity contribution in [1.82, 2.24) is 44.2 Å². The van der Waals surface area contributed by atoms with Crippen LogP contribution >= 0.6 is 0 Å². The van der Waals surface area contributed by atoms with Gasteiger partial charge < -0.3 is 9.47 Å². The van der Waals surface area contributed by atoms with Gasteiger partial charge in [0.1, 0.15) is 25.0 Å². The highest BCUT2D eigenvalue weighted by molar-refractivity contribution is 5.93. The summed E-state index contributed by atoms with van der Waals surface area (Å²) in [6, 6.07) is 0. The number of carbonyl (C=O) groups excluding carboxylic acids is 1. The second-order valence-electron chi connectivity index (χ2n) is 6.60. The highest BCUT2D eigenvalue weighted by atomic mass is 16.2. The number of aromatic nitrogens is 8. The fourth-order valence-corrected chi connectivity index (χ4v) is 3.38. The predicted molar refractivity (Wildman–Crippen MR) is 91.2 cm³/mol. The minimum Gasteiger partial charge on any atom is -0.339 e. The molecule has 0 unspecified atom stereocenters. The molecule has 10 heteroatoms. The zero-order valence-corrected chi connectivity index (χ0v) is 14.9. The third-order valence-corrected chi connectivity index (χ3v) is 4.87. The van der Waals surface area contributed by atoms with Crippen molar-refractivity contribution in [2.75, 3.05) is 13.1 Å². The third kappa shape index (κ3) is 3.09. The normalized spacial score (nSPS) is 15.5. The minimum atomic E-state index is 0.0430. The van der Waals surface area contributed by atoms with Gasteiger partial charge in [-0.25, -0.2) is 9.67 Å². The van der Waals surface area contributed by atoms with E-state index in [1.165, 1.54) is 6.33 Å². The molecule has 1 aliphatic rings. The van der Waals surface area contributed by atoms with Gasteiger partial charge in [0.2, 0.25) is 0 Å². The number of likely N-dealkylation sites (tertiary alicyclic amines) is 1. The molecule has 0 spiro atoms. The van der Waals surface area contributed by atoms with Crippen LogP contribution in [0.3, 0.4) is 0 Å². The second-order valence-corrected chi connectivity index (χ2v) is 6.60. The molecule has 0 bridgehead atoms. The van der Waals surface area contributed by atoms with Crippen LogP contribution in [0.25, 0.3) is 0 Å². The van der Waals surface area contributed by atoms with Gasteiger partial charge in [-0.3, -0.25) is 9.48 Å². The van der Waals surface area contributed by atoms with Gasteiger partial charge >= 0.3 is 0 Å². The lowest BCUT2D eigenvalue weighted by molar-refractivity contribution is 0.0710. The lowest BCUT2D eigenvalue weighted by Gasteiger charge is -2.31. The van der Waals surface area contributed by atoms with Crippen LogP contribution in [0.2, 0.25) is 0 Å². The molecular weight excluding hydrogens is 334 g/mol. The Hall–Kier alpha value is -3.04. The van der Waals surface area contributed by atoms with Crippen molar-refractivity contribution in [3.8, 4) is 0 Å². The van der Waals surface area contributed by atoms with E-state index in [0.717, 1.165) is 24.5 Å². The van der Waals surface area contributed by atoms with Crippen molar-refractivity contribution >= 4 is 5.91 Å². The summed E-state index contributed by atoms with van der Waals surface area (Å²) in [5.41, 5.74) is 0.639. The summed E-state index contributed by atoms with van der Waals surface area (Å²) in [7, 11) is 3.79. The second kappa shape index (κ2) is 6.70. The van der Waals surface area contributed by atoms with E-state index in [2.05, 4.69) is 25.4 Å². The number of hydrogen-bond donors (Lipinski definition) is 0. The van der Waals surface area contributed by atoms with Crippen LogP contribution in [0.4, 0.5) is 0 Å². The van der Waals surface area contributed by atoms with Crippen LogP contribution < -0.4 is 0 Å². The van der Waals surface area contributed by atoms with Crippen molar-refractivity contribution < 1.29 is 4.79 Å². The fourth-order valence-electron chi connectivity index (χ4n) is 3.38. The van der Waals surface area contributed by atoms with Crippen LogP contribution in [0.1, 0.15) is 40.8 Å². The van der Waals surface area contributed by atoms with Gasteiger partial charge in [-0.2, -0.15) is 10.2 Å². The number of rotatable bonds is 4. The molecule has 1 fully saturated rings. The molecule has 1 saturated heterocycles. The molecule has 0 aromatic carbocycles. The molecule has 1 aliphatic heterocycles. The quantitative estimate of drug-likeness (QED) is 0.663. The number of hydrogen-bond acceptors (Lipinski definition) is 6. The predicted octanol–water partition coefficient (Wildman–Crippen LogP) is 0.208. The Kier molecular flexibility index (Phi) is 4.23. The van der Waals surface area contributed by atoms with Crippen molar-refractivity contribution in [3.05, 3.63) is 42.3 Å². The first-order valence-electron chi connectivity index (χ1n) is 8.60. The highest BCUT2D eigenvalue weighted by Crippen LogP contribution is 2.27. The summed E-state index contributed by atoms with van der Waals surface area (Å²) in [5, 5.41) is 16.9. The zero-order chi connectivity index (χ0) is 18.1. The standard InChI is InChI=1S/C16H21N9O/c1-22-8-13(7-18-22)16(26)24-5-3-12(4-6-24)15-21-20-14(23(15)2)9-25-11-17-10-19-25/h7-8,10-12H,3-6,9H2,1-2H3. The summed E-state index contributed by atoms with van der Waals surface area (Å²) in [4.78, 5) is 18.4. The van der Waals surface area contributed by atoms with Crippen LogP contribution in [-0.2, 0) is 20.6 Å². The molecule has 0 N–H and O–H groups in total. The Morgan fingerprint density at radius 2 is 2.00 bits per heavy atom. The smallest absolute Gasteiger partial charge is 0.257 e. The van der Waals surface area contributed by atoms with Crippen molar-refractivity contribution in [3.63, 3.8) is 0 Å². The largest absolute Gasteiger partial charge is 0.339 e. The molecule has 26 heavy (non-hydrogen) atoms. The van der Waals surface area contributed by atoms with Crippen molar-refractivity contribution in [2.24, 2.45) is 14.1 Å². The van der Waals surface area contributed by atoms with Gasteiger partial charge in [0.25, 0.3) is 5.91 Å². The topological polar surface area (TPSA) is 99.5 Å². The Morgan fingerprint density at radius 1 is 1.19 bits per heavy atom. The van der Waals surface area contributed by atoms with Crippen molar-refractivity contribution in [1.29, 1.82) is 0 Å². The van der Waals surface area contributed by atoms with E-state index in [4.69, 9.17) is 0 Å². The summed E-state index contributed by atoms with van der Waals surface area (Å²) in [6.45, 7) is 1.97. The average Bonchev–Trinajstić information content (AvgIpc) is 3.38. The maximum absolute atomic E-state index is 12.5. The van der Waals surface area contributed by atoms with Crippen molar-refractivity contribution in [2.45, 2.75) is 25.3 Å². The maximum atomic E-state index is 12.5. The first-order valence-corrected chi connectivity index (χ1v) is 8.60. The van der Waals surface area contributed by atoms with E-state index in [9.17, 15) is 4.79 Å². The molecular formula is C16H21N9O. The van der Waals surface area contributed by atoms with E-state index in [0.29, 0.717) is 31.1 Å².